The summed E-state index contributed by atoms with van der Waals surface area (Å²) in [6.07, 6.45) is 0.689. The van der Waals surface area contributed by atoms with Crippen LogP contribution in [0.15, 0.2) is 24.3 Å². The molecule has 106 valence electrons. The van der Waals surface area contributed by atoms with E-state index in [0.717, 1.165) is 14.9 Å². The molecule has 0 radical (unpaired) electrons. The summed E-state index contributed by atoms with van der Waals surface area (Å²) in [5, 5.41) is 12.3. The van der Waals surface area contributed by atoms with E-state index in [-0.39, 0.29) is 11.6 Å². The van der Waals surface area contributed by atoms with E-state index in [1.807, 2.05) is 26.0 Å². The number of hydrogen-bond acceptors (Lipinski definition) is 4. The summed E-state index contributed by atoms with van der Waals surface area (Å²) in [5.74, 6) is -0.379. The molecule has 0 saturated heterocycles. The molecule has 6 heteroatoms. The van der Waals surface area contributed by atoms with Gasteiger partial charge in [-0.15, -0.1) is 11.3 Å². The molecule has 0 aliphatic carbocycles. The molecule has 0 amide bonds. The second-order valence-corrected chi connectivity index (χ2v) is 6.15. The number of nitrogens with zero attached hydrogens (tertiary/aromatic N) is 1. The predicted octanol–water partition coefficient (Wildman–Crippen LogP) is 4.23. The first-order chi connectivity index (χ1) is 9.49. The third-order valence-electron chi connectivity index (χ3n) is 2.87. The molecule has 0 bridgehead atoms. The Kier molecular flexibility index (Phi) is 4.62. The highest BCUT2D eigenvalue weighted by molar-refractivity contribution is 7.16. The minimum Gasteiger partial charge on any atom is -0.478 e. The van der Waals surface area contributed by atoms with E-state index < -0.39 is 5.97 Å². The smallest absolute Gasteiger partial charge is 0.335 e. The van der Waals surface area contributed by atoms with Crippen LogP contribution in [0.4, 0.5) is 5.82 Å². The van der Waals surface area contributed by atoms with Crippen LogP contribution in [-0.2, 0) is 6.42 Å². The Morgan fingerprint density at radius 2 is 2.25 bits per heavy atom. The third kappa shape index (κ3) is 3.49. The molecule has 0 spiro atoms. The molecule has 4 nitrogen and oxygen atoms in total. The Hall–Kier alpha value is -1.59. The second kappa shape index (κ2) is 6.24. The van der Waals surface area contributed by atoms with E-state index in [0.29, 0.717) is 12.2 Å². The van der Waals surface area contributed by atoms with Crippen molar-refractivity contribution >= 4 is 34.7 Å². The topological polar surface area (TPSA) is 62.2 Å². The van der Waals surface area contributed by atoms with E-state index in [9.17, 15) is 4.79 Å². The zero-order chi connectivity index (χ0) is 14.7. The van der Waals surface area contributed by atoms with Crippen molar-refractivity contribution in [3.8, 4) is 0 Å². The van der Waals surface area contributed by atoms with Crippen LogP contribution in [0.2, 0.25) is 4.34 Å². The zero-order valence-electron chi connectivity index (χ0n) is 11.2. The van der Waals surface area contributed by atoms with Gasteiger partial charge >= 0.3 is 5.97 Å². The lowest BCUT2D eigenvalue weighted by molar-refractivity contribution is 0.0696. The van der Waals surface area contributed by atoms with Gasteiger partial charge in [0.15, 0.2) is 0 Å². The van der Waals surface area contributed by atoms with E-state index in [4.69, 9.17) is 16.7 Å². The molecule has 0 aromatic carbocycles. The van der Waals surface area contributed by atoms with Crippen molar-refractivity contribution in [1.29, 1.82) is 0 Å². The summed E-state index contributed by atoms with van der Waals surface area (Å²) in [6, 6.07) is 6.96. The minimum atomic E-state index is -0.947. The Morgan fingerprint density at radius 1 is 1.50 bits per heavy atom. The van der Waals surface area contributed by atoms with Crippen molar-refractivity contribution in [2.75, 3.05) is 5.32 Å². The van der Waals surface area contributed by atoms with Gasteiger partial charge in [0.05, 0.1) is 15.9 Å². The summed E-state index contributed by atoms with van der Waals surface area (Å²) in [7, 11) is 0. The molecular formula is C14H15ClN2O2S. The predicted molar refractivity (Wildman–Crippen MR) is 81.9 cm³/mol. The van der Waals surface area contributed by atoms with Crippen LogP contribution in [0, 0.1) is 0 Å². The lowest BCUT2D eigenvalue weighted by atomic mass is 10.2. The standard InChI is InChI=1S/C14H15ClN2O2S/c1-3-10-6-9(14(18)19)7-13(17-10)16-8(2)11-4-5-12(15)20-11/h4-8H,3H2,1-2H3,(H,16,17)(H,18,19). The van der Waals surface area contributed by atoms with Crippen molar-refractivity contribution in [3.05, 3.63) is 44.7 Å². The molecule has 1 unspecified atom stereocenters. The third-order valence-corrected chi connectivity index (χ3v) is 4.29. The van der Waals surface area contributed by atoms with Gasteiger partial charge in [-0.05, 0) is 37.6 Å². The van der Waals surface area contributed by atoms with Gasteiger partial charge in [0.2, 0.25) is 0 Å². The van der Waals surface area contributed by atoms with Gasteiger partial charge in [-0.2, -0.15) is 0 Å². The normalized spacial score (nSPS) is 12.2. The van der Waals surface area contributed by atoms with Crippen molar-refractivity contribution < 1.29 is 9.90 Å². The zero-order valence-corrected chi connectivity index (χ0v) is 12.8. The van der Waals surface area contributed by atoms with Crippen molar-refractivity contribution in [2.45, 2.75) is 26.3 Å². The number of aryl methyl sites for hydroxylation is 1. The molecular weight excluding hydrogens is 296 g/mol. The van der Waals surface area contributed by atoms with Crippen molar-refractivity contribution in [2.24, 2.45) is 0 Å². The van der Waals surface area contributed by atoms with Crippen LogP contribution >= 0.6 is 22.9 Å². The number of anilines is 1. The summed E-state index contributed by atoms with van der Waals surface area (Å²) in [6.45, 7) is 3.93. The van der Waals surface area contributed by atoms with Crippen LogP contribution in [-0.4, -0.2) is 16.1 Å². The number of rotatable bonds is 5. The van der Waals surface area contributed by atoms with Gasteiger partial charge in [0.1, 0.15) is 5.82 Å². The van der Waals surface area contributed by atoms with Gasteiger partial charge in [0.25, 0.3) is 0 Å². The average Bonchev–Trinajstić information content (AvgIpc) is 2.85. The maximum Gasteiger partial charge on any atom is 0.335 e. The highest BCUT2D eigenvalue weighted by Gasteiger charge is 2.12. The SMILES string of the molecule is CCc1cc(C(=O)O)cc(NC(C)c2ccc(Cl)s2)n1. The Morgan fingerprint density at radius 3 is 2.80 bits per heavy atom. The summed E-state index contributed by atoms with van der Waals surface area (Å²) in [5.41, 5.74) is 1.000. The first-order valence-electron chi connectivity index (χ1n) is 6.25. The molecule has 2 aromatic heterocycles. The summed E-state index contributed by atoms with van der Waals surface area (Å²) >= 11 is 7.41. The van der Waals surface area contributed by atoms with Crippen LogP contribution in [0.1, 0.15) is 40.8 Å². The first-order valence-corrected chi connectivity index (χ1v) is 7.45. The lowest BCUT2D eigenvalue weighted by Crippen LogP contribution is -2.09. The summed E-state index contributed by atoms with van der Waals surface area (Å²) in [4.78, 5) is 16.6. The Labute approximate surface area is 126 Å². The number of carbonyl (C=O) groups is 1. The molecule has 2 N–H and O–H groups in total. The van der Waals surface area contributed by atoms with Crippen LogP contribution < -0.4 is 5.32 Å². The van der Waals surface area contributed by atoms with Gasteiger partial charge in [-0.1, -0.05) is 18.5 Å². The highest BCUT2D eigenvalue weighted by atomic mass is 35.5. The molecule has 2 rings (SSSR count). The minimum absolute atomic E-state index is 0.0220. The molecule has 20 heavy (non-hydrogen) atoms. The van der Waals surface area contributed by atoms with Gasteiger partial charge in [0, 0.05) is 10.6 Å². The number of nitrogens with one attached hydrogen (secondary N) is 1. The van der Waals surface area contributed by atoms with Gasteiger partial charge in [-0.3, -0.25) is 0 Å². The fourth-order valence-corrected chi connectivity index (χ4v) is 2.88. The van der Waals surface area contributed by atoms with Gasteiger partial charge in [-0.25, -0.2) is 9.78 Å². The number of aromatic carboxylic acids is 1. The van der Waals surface area contributed by atoms with E-state index in [2.05, 4.69) is 10.3 Å². The second-order valence-electron chi connectivity index (χ2n) is 4.40. The first kappa shape index (κ1) is 14.8. The molecule has 0 saturated carbocycles. The monoisotopic (exact) mass is 310 g/mol. The van der Waals surface area contributed by atoms with E-state index >= 15 is 0 Å². The molecule has 1 atom stereocenters. The van der Waals surface area contributed by atoms with Crippen molar-refractivity contribution in [3.63, 3.8) is 0 Å². The van der Waals surface area contributed by atoms with Crippen LogP contribution in [0.3, 0.4) is 0 Å². The number of carboxylic acid groups (broad SMARTS) is 1. The van der Waals surface area contributed by atoms with Gasteiger partial charge < -0.3 is 10.4 Å². The lowest BCUT2D eigenvalue weighted by Gasteiger charge is -2.14. The maximum absolute atomic E-state index is 11.1. The number of pyridine rings is 1. The average molecular weight is 311 g/mol. The molecule has 0 fully saturated rings. The molecule has 0 aliphatic rings. The Balaban J connectivity index is 2.24. The van der Waals surface area contributed by atoms with E-state index in [1.165, 1.54) is 11.3 Å². The number of halogens is 1. The number of aromatic nitrogens is 1. The molecule has 2 aromatic rings. The molecule has 2 heterocycles. The maximum atomic E-state index is 11.1. The quantitative estimate of drug-likeness (QED) is 0.867. The van der Waals surface area contributed by atoms with Crippen LogP contribution in [0.5, 0.6) is 0 Å². The summed E-state index contributed by atoms with van der Waals surface area (Å²) < 4.78 is 0.732. The number of thiophene rings is 1. The number of carboxylic acids is 1. The number of hydrogen-bond donors (Lipinski definition) is 2. The van der Waals surface area contributed by atoms with E-state index in [1.54, 1.807) is 12.1 Å². The fourth-order valence-electron chi connectivity index (χ4n) is 1.82. The van der Waals surface area contributed by atoms with Crippen LogP contribution in [0.25, 0.3) is 0 Å². The Bertz CT molecular complexity index is 627. The molecule has 0 aliphatic heterocycles. The fraction of sp³-hybridized carbons (Fsp3) is 0.286. The van der Waals surface area contributed by atoms with Crippen molar-refractivity contribution in [1.82, 2.24) is 4.98 Å². The largest absolute Gasteiger partial charge is 0.478 e. The highest BCUT2D eigenvalue weighted by Crippen LogP contribution is 2.28.